The zero-order valence-corrected chi connectivity index (χ0v) is 13.3. The molecule has 1 nitrogen and oxygen atoms in total. The van der Waals surface area contributed by atoms with Crippen molar-refractivity contribution >= 4 is 0 Å². The molecule has 0 unspecified atom stereocenters. The lowest BCUT2D eigenvalue weighted by Gasteiger charge is -1.97. The van der Waals surface area contributed by atoms with Gasteiger partial charge in [-0.3, -0.25) is 0 Å². The summed E-state index contributed by atoms with van der Waals surface area (Å²) in [6.45, 7) is 6.54. The van der Waals surface area contributed by atoms with Crippen LogP contribution >= 0.6 is 0 Å². The molecule has 0 atom stereocenters. The number of unbranched alkanes of at least 4 members (excludes halogenated alkanes) is 8. The third-order valence-electron chi connectivity index (χ3n) is 3.31. The van der Waals surface area contributed by atoms with E-state index in [1.54, 1.807) is 0 Å². The van der Waals surface area contributed by atoms with Crippen molar-refractivity contribution < 1.29 is 0 Å². The van der Waals surface area contributed by atoms with E-state index in [1.165, 1.54) is 64.2 Å². The third-order valence-corrected chi connectivity index (χ3v) is 3.31. The van der Waals surface area contributed by atoms with Gasteiger partial charge in [0.1, 0.15) is 0 Å². The van der Waals surface area contributed by atoms with Crippen LogP contribution in [0.5, 0.6) is 0 Å². The minimum Gasteiger partial charge on any atom is -0.310 e. The Kier molecular flexibility index (Phi) is 16.9. The average molecular weight is 265 g/mol. The van der Waals surface area contributed by atoms with E-state index in [1.807, 2.05) is 0 Å². The number of allylic oxidation sites excluding steroid dienone is 2. The second-order valence-corrected chi connectivity index (χ2v) is 5.30. The van der Waals surface area contributed by atoms with Crippen molar-refractivity contribution in [2.75, 3.05) is 13.1 Å². The van der Waals surface area contributed by atoms with Crippen molar-refractivity contribution in [1.82, 2.24) is 5.32 Å². The Morgan fingerprint density at radius 3 is 1.47 bits per heavy atom. The second kappa shape index (κ2) is 17.4. The molecule has 1 N–H and O–H groups in total. The molecule has 0 aromatic heterocycles. The number of nitrogens with one attached hydrogen (secondary N) is 1. The second-order valence-electron chi connectivity index (χ2n) is 5.30. The fraction of sp³-hybridized carbons (Fsp3) is 0.778. The Hall–Kier alpha value is -0.560. The summed E-state index contributed by atoms with van der Waals surface area (Å²) >= 11 is 0. The molecule has 0 heterocycles. The van der Waals surface area contributed by atoms with E-state index in [4.69, 9.17) is 0 Å². The lowest BCUT2D eigenvalue weighted by atomic mass is 10.1. The number of hydrogen-bond donors (Lipinski definition) is 1. The molecular formula is C18H35N. The molecule has 0 saturated carbocycles. The smallest absolute Gasteiger partial charge is 0.0137 e. The standard InChI is InChI=1S/C18H35N/c1-3-5-7-9-11-13-15-17-19-18-16-14-12-10-8-6-4-2/h13-16,19H,3-12,17-18H2,1-2H3. The molecule has 0 aliphatic carbocycles. The van der Waals surface area contributed by atoms with Gasteiger partial charge in [0, 0.05) is 13.1 Å². The van der Waals surface area contributed by atoms with Gasteiger partial charge in [-0.2, -0.15) is 0 Å². The summed E-state index contributed by atoms with van der Waals surface area (Å²) in [6, 6.07) is 0. The Bertz CT molecular complexity index is 184. The minimum absolute atomic E-state index is 1.01. The number of hydrogen-bond acceptors (Lipinski definition) is 1. The molecule has 0 fully saturated rings. The minimum atomic E-state index is 1.01. The molecule has 0 saturated heterocycles. The Labute approximate surface area is 121 Å². The summed E-state index contributed by atoms with van der Waals surface area (Å²) < 4.78 is 0. The maximum absolute atomic E-state index is 3.42. The highest BCUT2D eigenvalue weighted by atomic mass is 14.8. The molecule has 0 aliphatic heterocycles. The van der Waals surface area contributed by atoms with Gasteiger partial charge in [-0.15, -0.1) is 0 Å². The van der Waals surface area contributed by atoms with E-state index in [-0.39, 0.29) is 0 Å². The summed E-state index contributed by atoms with van der Waals surface area (Å²) in [5.41, 5.74) is 0. The van der Waals surface area contributed by atoms with Gasteiger partial charge in [0.25, 0.3) is 0 Å². The lowest BCUT2D eigenvalue weighted by molar-refractivity contribution is 0.672. The first-order valence-corrected chi connectivity index (χ1v) is 8.42. The fourth-order valence-corrected chi connectivity index (χ4v) is 2.03. The third kappa shape index (κ3) is 17.4. The summed E-state index contributed by atoms with van der Waals surface area (Å²) in [6.07, 6.45) is 22.5. The van der Waals surface area contributed by atoms with Gasteiger partial charge in [0.15, 0.2) is 0 Å². The van der Waals surface area contributed by atoms with Gasteiger partial charge in [-0.05, 0) is 25.7 Å². The Morgan fingerprint density at radius 2 is 1.05 bits per heavy atom. The molecule has 0 amide bonds. The van der Waals surface area contributed by atoms with E-state index >= 15 is 0 Å². The Morgan fingerprint density at radius 1 is 0.579 bits per heavy atom. The zero-order valence-electron chi connectivity index (χ0n) is 13.3. The summed E-state index contributed by atoms with van der Waals surface area (Å²) in [5, 5.41) is 3.42. The Balaban J connectivity index is 3.12. The fourth-order valence-electron chi connectivity index (χ4n) is 2.03. The van der Waals surface area contributed by atoms with Gasteiger partial charge in [-0.1, -0.05) is 76.7 Å². The molecule has 0 aromatic carbocycles. The topological polar surface area (TPSA) is 12.0 Å². The highest BCUT2D eigenvalue weighted by molar-refractivity contribution is 4.87. The van der Waals surface area contributed by atoms with Crippen LogP contribution in [0.2, 0.25) is 0 Å². The van der Waals surface area contributed by atoms with Crippen LogP contribution in [-0.4, -0.2) is 13.1 Å². The van der Waals surface area contributed by atoms with Crippen LogP contribution in [0.25, 0.3) is 0 Å². The van der Waals surface area contributed by atoms with Crippen molar-refractivity contribution in [2.45, 2.75) is 78.1 Å². The first kappa shape index (κ1) is 18.4. The average Bonchev–Trinajstić information content (AvgIpc) is 2.43. The van der Waals surface area contributed by atoms with E-state index < -0.39 is 0 Å². The maximum Gasteiger partial charge on any atom is 0.0137 e. The highest BCUT2D eigenvalue weighted by Gasteiger charge is 1.85. The molecule has 0 rings (SSSR count). The molecule has 0 aromatic rings. The van der Waals surface area contributed by atoms with Gasteiger partial charge >= 0.3 is 0 Å². The van der Waals surface area contributed by atoms with Crippen molar-refractivity contribution in [3.05, 3.63) is 24.3 Å². The SMILES string of the molecule is CCCCCCC=CCNCC=CCCCCCC. The van der Waals surface area contributed by atoms with E-state index in [2.05, 4.69) is 43.5 Å². The zero-order chi connectivity index (χ0) is 14.0. The van der Waals surface area contributed by atoms with Crippen molar-refractivity contribution in [1.29, 1.82) is 0 Å². The normalized spacial score (nSPS) is 11.9. The van der Waals surface area contributed by atoms with Crippen LogP contribution in [0.1, 0.15) is 78.1 Å². The van der Waals surface area contributed by atoms with Crippen LogP contribution in [0.15, 0.2) is 24.3 Å². The van der Waals surface area contributed by atoms with Crippen LogP contribution < -0.4 is 5.32 Å². The molecule has 19 heavy (non-hydrogen) atoms. The first-order chi connectivity index (χ1) is 9.41. The summed E-state index contributed by atoms with van der Waals surface area (Å²) in [7, 11) is 0. The van der Waals surface area contributed by atoms with Crippen LogP contribution in [-0.2, 0) is 0 Å². The van der Waals surface area contributed by atoms with Gasteiger partial charge < -0.3 is 5.32 Å². The maximum atomic E-state index is 3.42. The van der Waals surface area contributed by atoms with Gasteiger partial charge in [0.05, 0.1) is 0 Å². The van der Waals surface area contributed by atoms with Crippen molar-refractivity contribution in [2.24, 2.45) is 0 Å². The van der Waals surface area contributed by atoms with Gasteiger partial charge in [-0.25, -0.2) is 0 Å². The summed E-state index contributed by atoms with van der Waals surface area (Å²) in [5.74, 6) is 0. The molecule has 0 spiro atoms. The van der Waals surface area contributed by atoms with E-state index in [9.17, 15) is 0 Å². The van der Waals surface area contributed by atoms with Crippen molar-refractivity contribution in [3.63, 3.8) is 0 Å². The number of rotatable bonds is 14. The molecule has 112 valence electrons. The predicted molar refractivity (Wildman–Crippen MR) is 88.7 cm³/mol. The monoisotopic (exact) mass is 265 g/mol. The molecular weight excluding hydrogens is 230 g/mol. The first-order valence-electron chi connectivity index (χ1n) is 8.42. The van der Waals surface area contributed by atoms with E-state index in [0.717, 1.165) is 13.1 Å². The molecule has 1 heteroatoms. The lowest BCUT2D eigenvalue weighted by Crippen LogP contribution is -2.12. The van der Waals surface area contributed by atoms with Crippen LogP contribution in [0.3, 0.4) is 0 Å². The van der Waals surface area contributed by atoms with Crippen LogP contribution in [0, 0.1) is 0 Å². The van der Waals surface area contributed by atoms with Crippen molar-refractivity contribution in [3.8, 4) is 0 Å². The molecule has 0 bridgehead atoms. The predicted octanol–water partition coefficient (Wildman–Crippen LogP) is 5.63. The molecule has 0 aliphatic rings. The summed E-state index contributed by atoms with van der Waals surface area (Å²) in [4.78, 5) is 0. The van der Waals surface area contributed by atoms with Crippen LogP contribution in [0.4, 0.5) is 0 Å². The quantitative estimate of drug-likeness (QED) is 0.317. The largest absolute Gasteiger partial charge is 0.310 e. The molecule has 0 radical (unpaired) electrons. The van der Waals surface area contributed by atoms with E-state index in [0.29, 0.717) is 0 Å². The highest BCUT2D eigenvalue weighted by Crippen LogP contribution is 2.03. The van der Waals surface area contributed by atoms with Gasteiger partial charge in [0.2, 0.25) is 0 Å².